The smallest absolute Gasteiger partial charge is 0.310 e. The number of nitrogens with zero attached hydrogens (tertiary/aromatic N) is 2. The Kier molecular flexibility index (Phi) is 8.04. The molecule has 148 valence electrons. The molecular weight excluding hydrogens is 340 g/mol. The van der Waals surface area contributed by atoms with E-state index in [1.807, 2.05) is 31.7 Å². The van der Waals surface area contributed by atoms with E-state index in [0.29, 0.717) is 6.54 Å². The van der Waals surface area contributed by atoms with Crippen LogP contribution in [0.25, 0.3) is 0 Å². The van der Waals surface area contributed by atoms with Crippen LogP contribution in [-0.2, 0) is 20.9 Å². The van der Waals surface area contributed by atoms with Gasteiger partial charge in [-0.2, -0.15) is 0 Å². The summed E-state index contributed by atoms with van der Waals surface area (Å²) in [5, 5.41) is 0. The Morgan fingerprint density at radius 1 is 1.22 bits per heavy atom. The number of hydrogen-bond acceptors (Lipinski definition) is 4. The first-order chi connectivity index (χ1) is 12.9. The van der Waals surface area contributed by atoms with Crippen LogP contribution >= 0.6 is 0 Å². The fourth-order valence-electron chi connectivity index (χ4n) is 3.55. The van der Waals surface area contributed by atoms with E-state index in [4.69, 9.17) is 4.74 Å². The molecule has 1 aliphatic heterocycles. The molecule has 0 saturated carbocycles. The van der Waals surface area contributed by atoms with Gasteiger partial charge in [0.05, 0.1) is 13.0 Å². The van der Waals surface area contributed by atoms with Crippen molar-refractivity contribution in [2.24, 2.45) is 5.92 Å². The van der Waals surface area contributed by atoms with E-state index in [9.17, 15) is 9.59 Å². The molecule has 0 N–H and O–H groups in total. The van der Waals surface area contributed by atoms with Crippen molar-refractivity contribution in [2.45, 2.75) is 46.2 Å². The average Bonchev–Trinajstić information content (AvgIpc) is 2.66. The van der Waals surface area contributed by atoms with Crippen LogP contribution in [0.2, 0.25) is 0 Å². The maximum atomic E-state index is 12.8. The van der Waals surface area contributed by atoms with Gasteiger partial charge in [-0.15, -0.1) is 0 Å². The molecule has 0 spiro atoms. The molecule has 0 aliphatic carbocycles. The van der Waals surface area contributed by atoms with Gasteiger partial charge < -0.3 is 9.64 Å². The molecule has 1 aromatic carbocycles. The molecule has 1 saturated heterocycles. The van der Waals surface area contributed by atoms with Crippen LogP contribution in [0.4, 0.5) is 0 Å². The molecular formula is C22H32N2O3. The SMILES string of the molecule is COC(=O)C(C)CN(C(=O)C=C(C)C)C1CCN(Cc2ccccc2)CC1. The van der Waals surface area contributed by atoms with E-state index in [1.54, 1.807) is 6.08 Å². The van der Waals surface area contributed by atoms with Crippen molar-refractivity contribution in [1.82, 2.24) is 9.80 Å². The second-order valence-corrected chi connectivity index (χ2v) is 7.63. The summed E-state index contributed by atoms with van der Waals surface area (Å²) in [5.41, 5.74) is 2.28. The predicted molar refractivity (Wildman–Crippen MR) is 107 cm³/mol. The lowest BCUT2D eigenvalue weighted by molar-refractivity contribution is -0.146. The van der Waals surface area contributed by atoms with Crippen molar-refractivity contribution in [3.8, 4) is 0 Å². The minimum Gasteiger partial charge on any atom is -0.469 e. The van der Waals surface area contributed by atoms with Crippen molar-refractivity contribution in [3.63, 3.8) is 0 Å². The Bertz CT molecular complexity index is 645. The Morgan fingerprint density at radius 2 is 1.85 bits per heavy atom. The zero-order valence-electron chi connectivity index (χ0n) is 17.0. The van der Waals surface area contributed by atoms with Crippen LogP contribution in [0.3, 0.4) is 0 Å². The second kappa shape index (κ2) is 10.3. The molecule has 2 rings (SSSR count). The maximum Gasteiger partial charge on any atom is 0.310 e. The third kappa shape index (κ3) is 6.51. The summed E-state index contributed by atoms with van der Waals surface area (Å²) in [6, 6.07) is 10.6. The van der Waals surface area contributed by atoms with Crippen molar-refractivity contribution < 1.29 is 14.3 Å². The van der Waals surface area contributed by atoms with E-state index in [-0.39, 0.29) is 23.8 Å². The number of allylic oxidation sites excluding steroid dienone is 1. The zero-order valence-corrected chi connectivity index (χ0v) is 17.0. The van der Waals surface area contributed by atoms with Crippen LogP contribution in [0, 0.1) is 5.92 Å². The van der Waals surface area contributed by atoms with Gasteiger partial charge in [0.15, 0.2) is 0 Å². The lowest BCUT2D eigenvalue weighted by Gasteiger charge is -2.39. The molecule has 1 fully saturated rings. The van der Waals surface area contributed by atoms with Gasteiger partial charge in [0.25, 0.3) is 0 Å². The average molecular weight is 373 g/mol. The standard InChI is InChI=1S/C22H32N2O3/c1-17(2)14-21(25)24(15-18(3)22(26)27-4)20-10-12-23(13-11-20)16-19-8-6-5-7-9-19/h5-9,14,18,20H,10-13,15-16H2,1-4H3. The lowest BCUT2D eigenvalue weighted by Crippen LogP contribution is -2.49. The quantitative estimate of drug-likeness (QED) is 0.545. The second-order valence-electron chi connectivity index (χ2n) is 7.63. The van der Waals surface area contributed by atoms with E-state index in [1.165, 1.54) is 12.7 Å². The van der Waals surface area contributed by atoms with Gasteiger partial charge in [-0.05, 0) is 32.3 Å². The van der Waals surface area contributed by atoms with Gasteiger partial charge in [0.1, 0.15) is 0 Å². The molecule has 5 nitrogen and oxygen atoms in total. The summed E-state index contributed by atoms with van der Waals surface area (Å²) in [6.45, 7) is 8.89. The number of rotatable bonds is 7. The van der Waals surface area contributed by atoms with Crippen molar-refractivity contribution in [3.05, 3.63) is 47.5 Å². The molecule has 0 aromatic heterocycles. The fraction of sp³-hybridized carbons (Fsp3) is 0.545. The number of piperidine rings is 1. The molecule has 1 unspecified atom stereocenters. The molecule has 5 heteroatoms. The normalized spacial score (nSPS) is 16.4. The van der Waals surface area contributed by atoms with Gasteiger partial charge in [0, 0.05) is 38.3 Å². The first-order valence-corrected chi connectivity index (χ1v) is 9.70. The molecule has 27 heavy (non-hydrogen) atoms. The number of likely N-dealkylation sites (tertiary alicyclic amines) is 1. The molecule has 1 atom stereocenters. The maximum absolute atomic E-state index is 12.8. The van der Waals surface area contributed by atoms with E-state index in [0.717, 1.165) is 38.0 Å². The van der Waals surface area contributed by atoms with Crippen molar-refractivity contribution in [2.75, 3.05) is 26.7 Å². The van der Waals surface area contributed by atoms with Gasteiger partial charge in [-0.1, -0.05) is 42.8 Å². The number of carbonyl (C=O) groups is 2. The van der Waals surface area contributed by atoms with Gasteiger partial charge >= 0.3 is 5.97 Å². The highest BCUT2D eigenvalue weighted by atomic mass is 16.5. The first kappa shape index (κ1) is 21.2. The van der Waals surface area contributed by atoms with Crippen LogP contribution in [0.15, 0.2) is 42.0 Å². The number of esters is 1. The number of benzene rings is 1. The van der Waals surface area contributed by atoms with Crippen molar-refractivity contribution >= 4 is 11.9 Å². The highest BCUT2D eigenvalue weighted by molar-refractivity contribution is 5.88. The Morgan fingerprint density at radius 3 is 2.41 bits per heavy atom. The Hall–Kier alpha value is -2.14. The highest BCUT2D eigenvalue weighted by Crippen LogP contribution is 2.21. The van der Waals surface area contributed by atoms with Crippen LogP contribution in [-0.4, -0.2) is 54.5 Å². The monoisotopic (exact) mass is 372 g/mol. The number of carbonyl (C=O) groups excluding carboxylic acids is 2. The molecule has 1 aliphatic rings. The van der Waals surface area contributed by atoms with Crippen LogP contribution in [0.5, 0.6) is 0 Å². The molecule has 1 heterocycles. The van der Waals surface area contributed by atoms with Gasteiger partial charge in [-0.25, -0.2) is 0 Å². The van der Waals surface area contributed by atoms with Gasteiger partial charge in [0.2, 0.25) is 5.91 Å². The van der Waals surface area contributed by atoms with Gasteiger partial charge in [-0.3, -0.25) is 14.5 Å². The predicted octanol–water partition coefficient (Wildman–Crippen LogP) is 3.25. The first-order valence-electron chi connectivity index (χ1n) is 9.70. The molecule has 0 bridgehead atoms. The Labute approximate surface area is 163 Å². The van der Waals surface area contributed by atoms with Crippen molar-refractivity contribution in [1.29, 1.82) is 0 Å². The number of methoxy groups -OCH3 is 1. The third-order valence-corrected chi connectivity index (χ3v) is 5.02. The Balaban J connectivity index is 2.00. The fourth-order valence-corrected chi connectivity index (χ4v) is 3.55. The summed E-state index contributed by atoms with van der Waals surface area (Å²) >= 11 is 0. The molecule has 1 aromatic rings. The summed E-state index contributed by atoms with van der Waals surface area (Å²) in [5.74, 6) is -0.606. The van der Waals surface area contributed by atoms with Crippen LogP contribution in [0.1, 0.15) is 39.2 Å². The van der Waals surface area contributed by atoms with Crippen LogP contribution < -0.4 is 0 Å². The minimum absolute atomic E-state index is 0.00716. The zero-order chi connectivity index (χ0) is 19.8. The minimum atomic E-state index is -0.327. The number of amides is 1. The summed E-state index contributed by atoms with van der Waals surface area (Å²) in [7, 11) is 1.39. The van der Waals surface area contributed by atoms with E-state index < -0.39 is 0 Å². The molecule has 1 amide bonds. The third-order valence-electron chi connectivity index (χ3n) is 5.02. The largest absolute Gasteiger partial charge is 0.469 e. The molecule has 0 radical (unpaired) electrons. The summed E-state index contributed by atoms with van der Waals surface area (Å²) < 4.78 is 4.84. The highest BCUT2D eigenvalue weighted by Gasteiger charge is 2.30. The van der Waals surface area contributed by atoms with E-state index in [2.05, 4.69) is 29.2 Å². The lowest BCUT2D eigenvalue weighted by atomic mass is 10.00. The van der Waals surface area contributed by atoms with E-state index >= 15 is 0 Å². The number of hydrogen-bond donors (Lipinski definition) is 0. The summed E-state index contributed by atoms with van der Waals surface area (Å²) in [6.07, 6.45) is 3.51. The number of ether oxygens (including phenoxy) is 1. The topological polar surface area (TPSA) is 49.9 Å². The summed E-state index contributed by atoms with van der Waals surface area (Å²) in [4.78, 5) is 28.9.